The Balaban J connectivity index is 0.00000420. The number of sulfonamides is 1. The third kappa shape index (κ3) is 7.34. The molecule has 3 N–H and O–H groups in total. The summed E-state index contributed by atoms with van der Waals surface area (Å²) in [5, 5.41) is 9.57. The summed E-state index contributed by atoms with van der Waals surface area (Å²) in [4.78, 5) is -1.65. The van der Waals surface area contributed by atoms with Crippen LogP contribution in [0.1, 0.15) is 24.6 Å². The standard InChI is InChI=1S/C15H20N2O7S4.K/c1-2-3-7-26(18,19)14-8-12(17-10-11-5-4-6-25-11)13(28(22,23)24)9-15(14)27(16,20)21;/h4-6,8-9,17H,2-3,7,10H2,1H3,(H2,16,20,21)(H,22,23,24);/q;+1/p-1. The van der Waals surface area contributed by atoms with E-state index < -0.39 is 44.7 Å². The fourth-order valence-electron chi connectivity index (χ4n) is 2.39. The van der Waals surface area contributed by atoms with E-state index in [1.165, 1.54) is 11.3 Å². The van der Waals surface area contributed by atoms with E-state index in [-0.39, 0.29) is 75.8 Å². The minimum absolute atomic E-state index is 0. The summed E-state index contributed by atoms with van der Waals surface area (Å²) >= 11 is 1.36. The molecule has 0 atom stereocenters. The van der Waals surface area contributed by atoms with Gasteiger partial charge in [-0.2, -0.15) is 0 Å². The molecule has 1 aromatic carbocycles. The summed E-state index contributed by atoms with van der Waals surface area (Å²) in [6, 6.07) is 4.87. The second-order valence-electron chi connectivity index (χ2n) is 5.90. The molecule has 0 aliphatic carbocycles. The molecule has 0 amide bonds. The molecule has 29 heavy (non-hydrogen) atoms. The maximum absolute atomic E-state index is 12.6. The first-order chi connectivity index (χ1) is 12.9. The Hall–Kier alpha value is 0.126. The third-order valence-corrected chi connectivity index (χ3v) is 8.42. The number of primary sulfonamides is 1. The van der Waals surface area contributed by atoms with Crippen LogP contribution in [0.2, 0.25) is 0 Å². The predicted molar refractivity (Wildman–Crippen MR) is 104 cm³/mol. The Labute approximate surface area is 217 Å². The number of anilines is 1. The average molecular weight is 507 g/mol. The van der Waals surface area contributed by atoms with Crippen molar-refractivity contribution in [2.75, 3.05) is 11.1 Å². The molecule has 1 heterocycles. The monoisotopic (exact) mass is 506 g/mol. The fraction of sp³-hybridized carbons (Fsp3) is 0.333. The zero-order valence-corrected chi connectivity index (χ0v) is 22.2. The minimum Gasteiger partial charge on any atom is -0.744 e. The third-order valence-electron chi connectivity index (χ3n) is 3.76. The molecular weight excluding hydrogens is 488 g/mol. The number of sulfone groups is 1. The van der Waals surface area contributed by atoms with E-state index in [9.17, 15) is 29.8 Å². The first kappa shape index (κ1) is 27.2. The van der Waals surface area contributed by atoms with Gasteiger partial charge in [0.2, 0.25) is 10.0 Å². The predicted octanol–water partition coefficient (Wildman–Crippen LogP) is -1.51. The summed E-state index contributed by atoms with van der Waals surface area (Å²) < 4.78 is 84.0. The van der Waals surface area contributed by atoms with Gasteiger partial charge in [-0.3, -0.25) is 0 Å². The number of benzene rings is 1. The number of thiophene rings is 1. The van der Waals surface area contributed by atoms with Gasteiger partial charge in [0.15, 0.2) is 9.84 Å². The van der Waals surface area contributed by atoms with Gasteiger partial charge in [-0.1, -0.05) is 19.4 Å². The number of nitrogens with one attached hydrogen (secondary N) is 1. The van der Waals surface area contributed by atoms with Gasteiger partial charge in [0.05, 0.1) is 21.2 Å². The summed E-state index contributed by atoms with van der Waals surface area (Å²) in [7, 11) is -13.8. The van der Waals surface area contributed by atoms with Crippen molar-refractivity contribution in [3.8, 4) is 0 Å². The van der Waals surface area contributed by atoms with Crippen molar-refractivity contribution in [2.45, 2.75) is 41.0 Å². The van der Waals surface area contributed by atoms with Crippen molar-refractivity contribution in [3.05, 3.63) is 34.5 Å². The molecule has 0 saturated heterocycles. The van der Waals surface area contributed by atoms with Gasteiger partial charge in [-0.15, -0.1) is 11.3 Å². The van der Waals surface area contributed by atoms with E-state index in [1.54, 1.807) is 24.4 Å². The van der Waals surface area contributed by atoms with Crippen LogP contribution in [0.4, 0.5) is 5.69 Å². The molecule has 0 bridgehead atoms. The van der Waals surface area contributed by atoms with Crippen LogP contribution in [-0.4, -0.2) is 35.6 Å². The second-order valence-corrected chi connectivity index (χ2v) is 11.9. The maximum Gasteiger partial charge on any atom is 1.00 e. The molecular formula is C15H19KN2O7S4. The van der Waals surface area contributed by atoms with E-state index in [4.69, 9.17) is 5.14 Å². The fourth-order valence-corrected chi connectivity index (χ4v) is 6.68. The molecule has 2 rings (SSSR count). The molecule has 0 aliphatic heterocycles. The molecule has 0 saturated carbocycles. The Kier molecular flexibility index (Phi) is 9.96. The number of nitrogens with two attached hydrogens (primary N) is 1. The Morgan fingerprint density at radius 2 is 1.72 bits per heavy atom. The summed E-state index contributed by atoms with van der Waals surface area (Å²) in [6.07, 6.45) is 0.812. The molecule has 1 aromatic heterocycles. The van der Waals surface area contributed by atoms with Crippen LogP contribution < -0.4 is 61.8 Å². The van der Waals surface area contributed by atoms with E-state index in [0.29, 0.717) is 12.5 Å². The normalized spacial score (nSPS) is 12.4. The van der Waals surface area contributed by atoms with Crippen LogP contribution >= 0.6 is 11.3 Å². The molecule has 0 spiro atoms. The van der Waals surface area contributed by atoms with Gasteiger partial charge in [0.25, 0.3) is 0 Å². The second kappa shape index (κ2) is 10.6. The number of hydrogen-bond donors (Lipinski definition) is 2. The van der Waals surface area contributed by atoms with Crippen molar-refractivity contribution in [1.29, 1.82) is 0 Å². The number of rotatable bonds is 9. The van der Waals surface area contributed by atoms with E-state index in [2.05, 4.69) is 5.32 Å². The summed E-state index contributed by atoms with van der Waals surface area (Å²) in [6.45, 7) is 1.88. The topological polar surface area (TPSA) is 164 Å². The van der Waals surface area contributed by atoms with Gasteiger partial charge in [-0.05, 0) is 30.0 Å². The van der Waals surface area contributed by atoms with Gasteiger partial charge < -0.3 is 9.87 Å². The Morgan fingerprint density at radius 3 is 2.21 bits per heavy atom. The average Bonchev–Trinajstić information content (AvgIpc) is 3.09. The van der Waals surface area contributed by atoms with E-state index in [1.807, 2.05) is 0 Å². The van der Waals surface area contributed by atoms with Crippen molar-refractivity contribution < 1.29 is 81.2 Å². The van der Waals surface area contributed by atoms with Crippen LogP contribution in [0.5, 0.6) is 0 Å². The number of hydrogen-bond acceptors (Lipinski definition) is 9. The molecule has 2 aromatic rings. The zero-order chi connectivity index (χ0) is 21.2. The van der Waals surface area contributed by atoms with Gasteiger partial charge in [0.1, 0.15) is 15.0 Å². The Bertz CT molecular complexity index is 1160. The van der Waals surface area contributed by atoms with Gasteiger partial charge >= 0.3 is 51.4 Å². The van der Waals surface area contributed by atoms with Crippen molar-refractivity contribution >= 4 is 47.0 Å². The largest absolute Gasteiger partial charge is 1.00 e. The van der Waals surface area contributed by atoms with E-state index in [0.717, 1.165) is 10.9 Å². The maximum atomic E-state index is 12.6. The van der Waals surface area contributed by atoms with Gasteiger partial charge in [0, 0.05) is 11.4 Å². The molecule has 0 unspecified atom stereocenters. The molecule has 9 nitrogen and oxygen atoms in total. The molecule has 14 heteroatoms. The van der Waals surface area contributed by atoms with Crippen molar-refractivity contribution in [1.82, 2.24) is 0 Å². The summed E-state index contributed by atoms with van der Waals surface area (Å²) in [5.41, 5.74) is -0.300. The van der Waals surface area contributed by atoms with Crippen molar-refractivity contribution in [2.24, 2.45) is 5.14 Å². The van der Waals surface area contributed by atoms with Crippen LogP contribution in [-0.2, 0) is 36.5 Å². The van der Waals surface area contributed by atoms with Crippen LogP contribution in [0.15, 0.2) is 44.3 Å². The van der Waals surface area contributed by atoms with E-state index >= 15 is 0 Å². The van der Waals surface area contributed by atoms with Crippen LogP contribution in [0.25, 0.3) is 0 Å². The summed E-state index contributed by atoms with van der Waals surface area (Å²) in [5.74, 6) is -0.347. The molecule has 0 radical (unpaired) electrons. The van der Waals surface area contributed by atoms with Crippen molar-refractivity contribution in [3.63, 3.8) is 0 Å². The molecule has 0 fully saturated rings. The van der Waals surface area contributed by atoms with Crippen LogP contribution in [0.3, 0.4) is 0 Å². The quantitative estimate of drug-likeness (QED) is 0.306. The smallest absolute Gasteiger partial charge is 0.744 e. The molecule has 156 valence electrons. The van der Waals surface area contributed by atoms with Gasteiger partial charge in [-0.25, -0.2) is 30.4 Å². The first-order valence-corrected chi connectivity index (χ1v) is 13.5. The van der Waals surface area contributed by atoms with Crippen LogP contribution in [0, 0.1) is 0 Å². The number of unbranched alkanes of at least 4 members (excludes halogenated alkanes) is 1. The zero-order valence-electron chi connectivity index (χ0n) is 15.8. The first-order valence-electron chi connectivity index (χ1n) is 8.02. The minimum atomic E-state index is -5.11. The SMILES string of the molecule is CCCCS(=O)(=O)c1cc(NCc2cccs2)c(S(=O)(=O)[O-])cc1S(N)(=O)=O.[K+]. The molecule has 0 aliphatic rings. The Morgan fingerprint density at radius 1 is 1.07 bits per heavy atom.